The van der Waals surface area contributed by atoms with Gasteiger partial charge in [0.1, 0.15) is 41.4 Å². The molecule has 0 aromatic heterocycles. The van der Waals surface area contributed by atoms with Crippen molar-refractivity contribution in [3.05, 3.63) is 11.8 Å². The summed E-state index contributed by atoms with van der Waals surface area (Å²) >= 11 is 0. The Balaban J connectivity index is 1.59. The number of amides is 1. The van der Waals surface area contributed by atoms with Crippen LogP contribution in [-0.4, -0.2) is 148 Å². The normalized spacial score (nSPS) is 42.8. The molecule has 1 unspecified atom stereocenters. The molecule has 2 saturated heterocycles. The number of aliphatic hydroxyl groups excluding tert-OH is 2. The van der Waals surface area contributed by atoms with E-state index in [4.69, 9.17) is 51.4 Å². The largest absolute Gasteiger partial charge is 0.467 e. The van der Waals surface area contributed by atoms with Gasteiger partial charge in [-0.15, -0.1) is 0 Å². The van der Waals surface area contributed by atoms with Gasteiger partial charge in [-0.25, -0.2) is 9.59 Å². The predicted molar refractivity (Wildman–Crippen MR) is 163 cm³/mol. The zero-order valence-corrected chi connectivity index (χ0v) is 27.5. The lowest BCUT2D eigenvalue weighted by Crippen LogP contribution is -2.74. The van der Waals surface area contributed by atoms with Crippen molar-refractivity contribution in [1.29, 1.82) is 0 Å². The molecule has 18 heteroatoms. The van der Waals surface area contributed by atoms with E-state index in [-0.39, 0.29) is 32.5 Å². The number of carbonyl (C=O) groups excluding carboxylic acids is 2. The van der Waals surface area contributed by atoms with E-state index in [1.165, 1.54) is 18.9 Å². The number of nitrogens with one attached hydrogen (secondary N) is 1. The third-order valence-electron chi connectivity index (χ3n) is 8.82. The number of hydrogen-bond acceptors (Lipinski definition) is 17. The van der Waals surface area contributed by atoms with Crippen molar-refractivity contribution in [1.82, 2.24) is 10.2 Å². The summed E-state index contributed by atoms with van der Waals surface area (Å²) < 4.78 is 34.6. The number of β-amino-alcohol motifs (C(OH)–C–C–N with tert-alkyl or cyclic N) is 1. The van der Waals surface area contributed by atoms with Crippen LogP contribution in [0.3, 0.4) is 0 Å². The van der Waals surface area contributed by atoms with Gasteiger partial charge < -0.3 is 76.3 Å². The topological polar surface area (TPSA) is 290 Å². The second-order valence-corrected chi connectivity index (χ2v) is 14.1. The molecule has 47 heavy (non-hydrogen) atoms. The summed E-state index contributed by atoms with van der Waals surface area (Å²) in [6.07, 6.45) is -7.87. The molecule has 4 rings (SSSR count). The quantitative estimate of drug-likeness (QED) is 0.0886. The van der Waals surface area contributed by atoms with Gasteiger partial charge in [0.25, 0.3) is 0 Å². The molecule has 1 aliphatic carbocycles. The molecule has 12 atom stereocenters. The first-order valence-electron chi connectivity index (χ1n) is 15.7. The van der Waals surface area contributed by atoms with Crippen LogP contribution in [0.15, 0.2) is 11.8 Å². The Kier molecular flexibility index (Phi) is 11.2. The minimum atomic E-state index is -2.22. The average Bonchev–Trinajstić information content (AvgIpc) is 3.38. The Bertz CT molecular complexity index is 1170. The third kappa shape index (κ3) is 8.17. The summed E-state index contributed by atoms with van der Waals surface area (Å²) in [5.41, 5.74) is 18.3. The molecule has 0 aromatic rings. The van der Waals surface area contributed by atoms with E-state index >= 15 is 0 Å². The highest BCUT2D eigenvalue weighted by atomic mass is 16.7. The molecule has 3 fully saturated rings. The first-order valence-corrected chi connectivity index (χ1v) is 15.7. The van der Waals surface area contributed by atoms with Crippen LogP contribution < -0.4 is 28.3 Å². The van der Waals surface area contributed by atoms with Crippen LogP contribution in [0.5, 0.6) is 0 Å². The Hall–Kier alpha value is -2.20. The van der Waals surface area contributed by atoms with Gasteiger partial charge in [-0.1, -0.05) is 0 Å². The molecule has 3 aliphatic heterocycles. The maximum atomic E-state index is 13.6. The van der Waals surface area contributed by atoms with E-state index in [1.807, 2.05) is 0 Å². The number of ether oxygens (including phenoxy) is 6. The highest BCUT2D eigenvalue weighted by Gasteiger charge is 2.59. The second-order valence-electron chi connectivity index (χ2n) is 14.1. The Morgan fingerprint density at radius 1 is 1.13 bits per heavy atom. The smallest absolute Gasteiger partial charge is 0.410 e. The molecule has 0 spiro atoms. The fourth-order valence-corrected chi connectivity index (χ4v) is 6.29. The molecule has 0 radical (unpaired) electrons. The summed E-state index contributed by atoms with van der Waals surface area (Å²) in [4.78, 5) is 27.4. The third-order valence-corrected chi connectivity index (χ3v) is 8.82. The molecular formula is C29H52N6O12. The zero-order chi connectivity index (χ0) is 35.1. The van der Waals surface area contributed by atoms with Crippen molar-refractivity contribution >= 4 is 12.1 Å². The van der Waals surface area contributed by atoms with Crippen molar-refractivity contribution in [2.45, 2.75) is 125 Å². The maximum Gasteiger partial charge on any atom is 0.410 e. The first-order chi connectivity index (χ1) is 21.7. The van der Waals surface area contributed by atoms with E-state index in [0.29, 0.717) is 12.2 Å². The number of hydrogen-bond donors (Lipinski definition) is 9. The monoisotopic (exact) mass is 676 g/mol. The van der Waals surface area contributed by atoms with Gasteiger partial charge in [0.05, 0.1) is 31.8 Å². The molecule has 270 valence electrons. The van der Waals surface area contributed by atoms with Crippen LogP contribution in [0.1, 0.15) is 47.0 Å². The van der Waals surface area contributed by atoms with Gasteiger partial charge in [0.2, 0.25) is 6.29 Å². The van der Waals surface area contributed by atoms with Crippen LogP contribution in [0, 0.1) is 0 Å². The van der Waals surface area contributed by atoms with E-state index in [9.17, 15) is 30.0 Å². The first kappa shape index (κ1) is 37.6. The number of carbonyl (C=O) groups is 2. The van der Waals surface area contributed by atoms with Crippen molar-refractivity contribution in [2.24, 2.45) is 22.9 Å². The van der Waals surface area contributed by atoms with Gasteiger partial charge in [-0.05, 0) is 47.2 Å². The molecule has 1 amide bonds. The van der Waals surface area contributed by atoms with E-state index < -0.39 is 96.3 Å². The van der Waals surface area contributed by atoms with Crippen LogP contribution in [0.4, 0.5) is 4.79 Å². The van der Waals surface area contributed by atoms with Crippen LogP contribution in [0.25, 0.3) is 0 Å². The minimum Gasteiger partial charge on any atom is -0.467 e. The lowest BCUT2D eigenvalue weighted by Gasteiger charge is -2.51. The van der Waals surface area contributed by atoms with E-state index in [2.05, 4.69) is 5.32 Å². The summed E-state index contributed by atoms with van der Waals surface area (Å²) in [6.45, 7) is 5.86. The second kappa shape index (κ2) is 14.0. The Morgan fingerprint density at radius 3 is 2.43 bits per heavy atom. The van der Waals surface area contributed by atoms with Crippen LogP contribution in [0.2, 0.25) is 0 Å². The molecular weight excluding hydrogens is 624 g/mol. The fraction of sp³-hybridized carbons (Fsp3) is 0.862. The Labute approximate surface area is 273 Å². The predicted octanol–water partition coefficient (Wildman–Crippen LogP) is -3.61. The number of rotatable bonds is 8. The Morgan fingerprint density at radius 2 is 1.81 bits per heavy atom. The SMILES string of the molecule is CN[C@@H]1[C@@H](O)[C@@H](O[C@@H]2[C@@H](O)[C@H](O[C@H]3OC(CN)=CC[C@H]3N)[C@@H](N)C[C@@]2(N)OC(=O)C2(O)CCN(C(=O)OC(C)(C)C)C2)OC[C@]1(C)O. The van der Waals surface area contributed by atoms with E-state index in [0.717, 1.165) is 0 Å². The molecule has 13 N–H and O–H groups in total. The van der Waals surface area contributed by atoms with E-state index in [1.54, 1.807) is 26.8 Å². The van der Waals surface area contributed by atoms with Crippen molar-refractivity contribution in [3.8, 4) is 0 Å². The average molecular weight is 677 g/mol. The number of aliphatic hydroxyl groups is 4. The summed E-state index contributed by atoms with van der Waals surface area (Å²) in [5, 5.41) is 47.6. The molecule has 3 heterocycles. The molecule has 0 bridgehead atoms. The molecule has 18 nitrogen and oxygen atoms in total. The van der Waals surface area contributed by atoms with Crippen LogP contribution in [-0.2, 0) is 33.2 Å². The molecule has 4 aliphatic rings. The van der Waals surface area contributed by atoms with Gasteiger partial charge in [0, 0.05) is 25.4 Å². The van der Waals surface area contributed by atoms with Crippen LogP contribution >= 0.6 is 0 Å². The van der Waals surface area contributed by atoms with Crippen molar-refractivity contribution in [3.63, 3.8) is 0 Å². The zero-order valence-electron chi connectivity index (χ0n) is 27.5. The molecule has 1 saturated carbocycles. The number of nitrogens with two attached hydrogens (primary N) is 4. The van der Waals surface area contributed by atoms with Gasteiger partial charge in [-0.2, -0.15) is 0 Å². The number of esters is 1. The highest BCUT2D eigenvalue weighted by molar-refractivity contribution is 5.82. The number of likely N-dealkylation sites (N-methyl/N-ethyl adjacent to an activating group) is 1. The van der Waals surface area contributed by atoms with Crippen molar-refractivity contribution < 1.29 is 58.4 Å². The van der Waals surface area contributed by atoms with Crippen molar-refractivity contribution in [2.75, 3.05) is 33.3 Å². The maximum absolute atomic E-state index is 13.6. The fourth-order valence-electron chi connectivity index (χ4n) is 6.29. The van der Waals surface area contributed by atoms with Gasteiger partial charge >= 0.3 is 12.1 Å². The molecule has 0 aromatic carbocycles. The lowest BCUT2D eigenvalue weighted by atomic mass is 9.81. The highest BCUT2D eigenvalue weighted by Crippen LogP contribution is 2.38. The van der Waals surface area contributed by atoms with Gasteiger partial charge in [0.15, 0.2) is 17.6 Å². The summed E-state index contributed by atoms with van der Waals surface area (Å²) in [7, 11) is 1.53. The lowest BCUT2D eigenvalue weighted by molar-refractivity contribution is -0.328. The summed E-state index contributed by atoms with van der Waals surface area (Å²) in [5.74, 6) is -0.769. The minimum absolute atomic E-state index is 0.00954. The standard InChI is InChI=1S/C29H52N6O12/c1-26(2,3)47-25(39)35-9-8-28(41,12-35)24(38)46-29(33)10-16(32)19(44-22-15(31)7-6-14(11-30)43-22)17(36)21(29)45-23-18(37)20(34-5)27(4,40)13-42-23/h6,15-23,34,36-37,40-41H,7-13,30-33H2,1-5H3/t15-,16+,17+,18-,19-,20-,21-,22-,23-,27+,28?,29-/m1/s1. The number of nitrogens with zero attached hydrogens (tertiary/aromatic N) is 1. The number of likely N-dealkylation sites (tertiary alicyclic amines) is 1. The van der Waals surface area contributed by atoms with Gasteiger partial charge in [-0.3, -0.25) is 5.73 Å². The summed E-state index contributed by atoms with van der Waals surface area (Å²) in [6, 6.07) is -2.66.